The molecule has 1 N–H and O–H groups in total. The molecule has 2 aromatic heterocycles. The lowest BCUT2D eigenvalue weighted by atomic mass is 10.1. The maximum atomic E-state index is 12.2. The summed E-state index contributed by atoms with van der Waals surface area (Å²) < 4.78 is 17.1. The highest BCUT2D eigenvalue weighted by Crippen LogP contribution is 2.30. The van der Waals surface area contributed by atoms with Gasteiger partial charge in [-0.1, -0.05) is 12.1 Å². The first kappa shape index (κ1) is 18.9. The summed E-state index contributed by atoms with van der Waals surface area (Å²) in [5.74, 6) is 0.754. The van der Waals surface area contributed by atoms with Crippen LogP contribution in [0.1, 0.15) is 11.8 Å². The van der Waals surface area contributed by atoms with E-state index in [1.54, 1.807) is 13.3 Å². The number of rotatable bonds is 6. The summed E-state index contributed by atoms with van der Waals surface area (Å²) in [6.07, 6.45) is 1.27. The van der Waals surface area contributed by atoms with Crippen LogP contribution in [0, 0.1) is 0 Å². The Labute approximate surface area is 172 Å². The number of carbonyl (C=O) groups excluding carboxylic acids is 1. The molecule has 4 rings (SSSR count). The lowest BCUT2D eigenvalue weighted by Gasteiger charge is -2.06. The van der Waals surface area contributed by atoms with Crippen molar-refractivity contribution in [1.82, 2.24) is 14.2 Å². The number of fused-ring (bicyclic) bond motifs is 1. The Morgan fingerprint density at radius 1 is 1.21 bits per heavy atom. The van der Waals surface area contributed by atoms with Crippen LogP contribution in [0.5, 0.6) is 5.75 Å². The number of ether oxygens (including phenoxy) is 2. The standard InChI is InChI=1S/C21H20N4O3S/c1-3-25-19-9-8-15(10-14(19)12-22-25)23-21(26)28-13-16-11-18(24-29-16)17-6-4-5-7-20(17)27-2/h4-12H,3,13H2,1-2H3,(H,23,26). The van der Waals surface area contributed by atoms with E-state index in [4.69, 9.17) is 9.47 Å². The first-order valence-corrected chi connectivity index (χ1v) is 9.93. The predicted octanol–water partition coefficient (Wildman–Crippen LogP) is 4.94. The number of carbonyl (C=O) groups is 1. The van der Waals surface area contributed by atoms with Crippen molar-refractivity contribution in [2.75, 3.05) is 12.4 Å². The lowest BCUT2D eigenvalue weighted by molar-refractivity contribution is 0.156. The molecule has 0 aliphatic carbocycles. The number of nitrogens with zero attached hydrogens (tertiary/aromatic N) is 3. The fourth-order valence-corrected chi connectivity index (χ4v) is 3.71. The molecule has 2 aromatic carbocycles. The molecule has 0 spiro atoms. The average Bonchev–Trinajstić information content (AvgIpc) is 3.38. The molecule has 8 heteroatoms. The van der Waals surface area contributed by atoms with Gasteiger partial charge in [-0.2, -0.15) is 9.47 Å². The molecule has 7 nitrogen and oxygen atoms in total. The van der Waals surface area contributed by atoms with Gasteiger partial charge in [-0.25, -0.2) is 4.79 Å². The molecule has 0 radical (unpaired) electrons. The van der Waals surface area contributed by atoms with Crippen LogP contribution in [-0.2, 0) is 17.9 Å². The van der Waals surface area contributed by atoms with Crippen LogP contribution in [0.3, 0.4) is 0 Å². The van der Waals surface area contributed by atoms with Crippen molar-refractivity contribution >= 4 is 34.2 Å². The van der Waals surface area contributed by atoms with Crippen molar-refractivity contribution in [3.8, 4) is 17.0 Å². The third-order valence-corrected chi connectivity index (χ3v) is 5.23. The molecule has 1 amide bonds. The summed E-state index contributed by atoms with van der Waals surface area (Å²) in [5.41, 5.74) is 3.39. The van der Waals surface area contributed by atoms with Gasteiger partial charge in [-0.05, 0) is 54.9 Å². The number of amides is 1. The Morgan fingerprint density at radius 3 is 2.90 bits per heavy atom. The van der Waals surface area contributed by atoms with Gasteiger partial charge in [0.1, 0.15) is 12.4 Å². The molecule has 148 valence electrons. The minimum Gasteiger partial charge on any atom is -0.496 e. The highest BCUT2D eigenvalue weighted by molar-refractivity contribution is 7.06. The second-order valence-corrected chi connectivity index (χ2v) is 7.20. The van der Waals surface area contributed by atoms with E-state index in [1.807, 2.05) is 60.1 Å². The number of nitrogens with one attached hydrogen (secondary N) is 1. The summed E-state index contributed by atoms with van der Waals surface area (Å²) in [6.45, 7) is 2.98. The molecule has 0 saturated heterocycles. The largest absolute Gasteiger partial charge is 0.496 e. The molecule has 0 fully saturated rings. The van der Waals surface area contributed by atoms with Crippen molar-refractivity contribution in [2.45, 2.75) is 20.1 Å². The smallest absolute Gasteiger partial charge is 0.411 e. The number of anilines is 1. The van der Waals surface area contributed by atoms with Gasteiger partial charge >= 0.3 is 6.09 Å². The van der Waals surface area contributed by atoms with Gasteiger partial charge < -0.3 is 9.47 Å². The highest BCUT2D eigenvalue weighted by Gasteiger charge is 2.11. The number of aryl methyl sites for hydroxylation is 1. The van der Waals surface area contributed by atoms with E-state index in [1.165, 1.54) is 11.5 Å². The summed E-state index contributed by atoms with van der Waals surface area (Å²) in [6, 6.07) is 15.2. The molecule has 4 aromatic rings. The molecule has 0 atom stereocenters. The minimum atomic E-state index is -0.514. The van der Waals surface area contributed by atoms with Crippen LogP contribution >= 0.6 is 11.5 Å². The number of aromatic nitrogens is 3. The van der Waals surface area contributed by atoms with Gasteiger partial charge in [0.15, 0.2) is 0 Å². The molecular formula is C21H20N4O3S. The first-order valence-electron chi connectivity index (χ1n) is 9.16. The Bertz CT molecular complexity index is 1150. The quantitative estimate of drug-likeness (QED) is 0.489. The van der Waals surface area contributed by atoms with Crippen molar-refractivity contribution < 1.29 is 14.3 Å². The van der Waals surface area contributed by atoms with Crippen LogP contribution in [0.25, 0.3) is 22.2 Å². The third kappa shape index (κ3) is 4.07. The number of hydrogen-bond donors (Lipinski definition) is 1. The maximum Gasteiger partial charge on any atom is 0.411 e. The van der Waals surface area contributed by atoms with E-state index in [2.05, 4.69) is 14.8 Å². The second kappa shape index (κ2) is 8.32. The fraction of sp³-hybridized carbons (Fsp3) is 0.190. The highest BCUT2D eigenvalue weighted by atomic mass is 32.1. The molecule has 2 heterocycles. The lowest BCUT2D eigenvalue weighted by Crippen LogP contribution is -2.13. The van der Waals surface area contributed by atoms with E-state index < -0.39 is 6.09 Å². The second-order valence-electron chi connectivity index (χ2n) is 6.31. The third-order valence-electron chi connectivity index (χ3n) is 4.48. The van der Waals surface area contributed by atoms with Gasteiger partial charge in [-0.15, -0.1) is 0 Å². The zero-order valence-corrected chi connectivity index (χ0v) is 16.9. The van der Waals surface area contributed by atoms with Gasteiger partial charge in [-0.3, -0.25) is 10.00 Å². The molecule has 0 aliphatic rings. The monoisotopic (exact) mass is 408 g/mol. The molecule has 0 bridgehead atoms. The van der Waals surface area contributed by atoms with Crippen LogP contribution in [-0.4, -0.2) is 27.4 Å². The number of methoxy groups -OCH3 is 1. The predicted molar refractivity (Wildman–Crippen MR) is 113 cm³/mol. The fourth-order valence-electron chi connectivity index (χ4n) is 3.07. The van der Waals surface area contributed by atoms with Gasteiger partial charge in [0, 0.05) is 23.2 Å². The molecular weight excluding hydrogens is 388 g/mol. The zero-order chi connectivity index (χ0) is 20.2. The normalized spacial score (nSPS) is 10.8. The van der Waals surface area contributed by atoms with Crippen LogP contribution in [0.2, 0.25) is 0 Å². The SMILES string of the molecule is CCn1ncc2cc(NC(=O)OCc3cc(-c4ccccc4OC)ns3)ccc21. The summed E-state index contributed by atoms with van der Waals surface area (Å²) in [5, 5.41) is 8.03. The van der Waals surface area contributed by atoms with Crippen molar-refractivity contribution in [2.24, 2.45) is 0 Å². The summed E-state index contributed by atoms with van der Waals surface area (Å²) in [7, 11) is 1.63. The molecule has 0 unspecified atom stereocenters. The van der Waals surface area contributed by atoms with Gasteiger partial charge in [0.2, 0.25) is 0 Å². The zero-order valence-electron chi connectivity index (χ0n) is 16.1. The van der Waals surface area contributed by atoms with E-state index in [0.717, 1.165) is 39.3 Å². The van der Waals surface area contributed by atoms with Crippen LogP contribution in [0.4, 0.5) is 10.5 Å². The number of hydrogen-bond acceptors (Lipinski definition) is 6. The van der Waals surface area contributed by atoms with E-state index in [0.29, 0.717) is 5.69 Å². The van der Waals surface area contributed by atoms with Crippen molar-refractivity contribution in [3.63, 3.8) is 0 Å². The van der Waals surface area contributed by atoms with E-state index in [-0.39, 0.29) is 6.61 Å². The van der Waals surface area contributed by atoms with Crippen molar-refractivity contribution in [3.05, 3.63) is 59.6 Å². The van der Waals surface area contributed by atoms with E-state index in [9.17, 15) is 4.79 Å². The Hall–Kier alpha value is -3.39. The van der Waals surface area contributed by atoms with Crippen molar-refractivity contribution in [1.29, 1.82) is 0 Å². The van der Waals surface area contributed by atoms with Crippen LogP contribution in [0.15, 0.2) is 54.7 Å². The molecule has 0 aliphatic heterocycles. The minimum absolute atomic E-state index is 0.147. The summed E-state index contributed by atoms with van der Waals surface area (Å²) in [4.78, 5) is 13.0. The molecule has 29 heavy (non-hydrogen) atoms. The maximum absolute atomic E-state index is 12.2. The van der Waals surface area contributed by atoms with Crippen LogP contribution < -0.4 is 10.1 Å². The first-order chi connectivity index (χ1) is 14.2. The van der Waals surface area contributed by atoms with Gasteiger partial charge in [0.05, 0.1) is 29.4 Å². The Kier molecular flexibility index (Phi) is 5.44. The van der Waals surface area contributed by atoms with Gasteiger partial charge in [0.25, 0.3) is 0 Å². The summed E-state index contributed by atoms with van der Waals surface area (Å²) >= 11 is 1.30. The number of para-hydroxylation sites is 1. The Balaban J connectivity index is 1.38. The number of benzene rings is 2. The molecule has 0 saturated carbocycles. The Morgan fingerprint density at radius 2 is 2.07 bits per heavy atom. The average molecular weight is 408 g/mol. The topological polar surface area (TPSA) is 78.3 Å². The van der Waals surface area contributed by atoms with E-state index >= 15 is 0 Å².